The number of nitrogens with one attached hydrogen (secondary N) is 1. The van der Waals surface area contributed by atoms with E-state index in [1.54, 1.807) is 17.4 Å². The predicted molar refractivity (Wildman–Crippen MR) is 80.2 cm³/mol. The standard InChI is InChI=1S/C16H14N4O/c21-16(11-4-7-13-14(9-11)19-10-18-13)20(12-5-6-12)15-3-1-2-8-17-15/h1-4,7-10,12H,5-6H2,(H,18,19). The highest BCUT2D eigenvalue weighted by Crippen LogP contribution is 2.32. The lowest BCUT2D eigenvalue weighted by Gasteiger charge is -2.21. The van der Waals surface area contributed by atoms with Crippen molar-refractivity contribution in [1.82, 2.24) is 15.0 Å². The summed E-state index contributed by atoms with van der Waals surface area (Å²) < 4.78 is 0. The lowest BCUT2D eigenvalue weighted by molar-refractivity contribution is 0.0984. The van der Waals surface area contributed by atoms with Crippen molar-refractivity contribution in [1.29, 1.82) is 0 Å². The van der Waals surface area contributed by atoms with E-state index in [0.29, 0.717) is 5.56 Å². The number of H-pyrrole nitrogens is 1. The van der Waals surface area contributed by atoms with Crippen LogP contribution in [0.2, 0.25) is 0 Å². The average molecular weight is 278 g/mol. The Morgan fingerprint density at radius 3 is 2.86 bits per heavy atom. The molecule has 2 heterocycles. The van der Waals surface area contributed by atoms with Crippen molar-refractivity contribution in [3.8, 4) is 0 Å². The normalized spacial score (nSPS) is 14.3. The molecule has 104 valence electrons. The number of aromatic amines is 1. The lowest BCUT2D eigenvalue weighted by atomic mass is 10.1. The number of aromatic nitrogens is 3. The van der Waals surface area contributed by atoms with Gasteiger partial charge in [0.15, 0.2) is 0 Å². The van der Waals surface area contributed by atoms with Gasteiger partial charge in [0.2, 0.25) is 0 Å². The largest absolute Gasteiger partial charge is 0.345 e. The number of hydrogen-bond donors (Lipinski definition) is 1. The molecule has 1 amide bonds. The molecule has 0 saturated heterocycles. The minimum Gasteiger partial charge on any atom is -0.345 e. The third-order valence-electron chi connectivity index (χ3n) is 3.69. The van der Waals surface area contributed by atoms with Gasteiger partial charge in [-0.25, -0.2) is 9.97 Å². The van der Waals surface area contributed by atoms with Gasteiger partial charge < -0.3 is 4.98 Å². The highest BCUT2D eigenvalue weighted by molar-refractivity contribution is 6.07. The molecule has 5 nitrogen and oxygen atoms in total. The van der Waals surface area contributed by atoms with Crippen molar-refractivity contribution < 1.29 is 4.79 Å². The van der Waals surface area contributed by atoms with Crippen LogP contribution in [0.3, 0.4) is 0 Å². The number of carbonyl (C=O) groups excluding carboxylic acids is 1. The molecule has 0 aliphatic heterocycles. The van der Waals surface area contributed by atoms with E-state index < -0.39 is 0 Å². The third kappa shape index (κ3) is 2.16. The first kappa shape index (κ1) is 12.1. The molecule has 3 aromatic rings. The number of hydrogen-bond acceptors (Lipinski definition) is 3. The summed E-state index contributed by atoms with van der Waals surface area (Å²) in [5.41, 5.74) is 2.39. The van der Waals surface area contributed by atoms with Gasteiger partial charge in [0.1, 0.15) is 5.82 Å². The molecule has 1 N–H and O–H groups in total. The Kier molecular flexibility index (Phi) is 2.70. The summed E-state index contributed by atoms with van der Waals surface area (Å²) in [6.45, 7) is 0. The fourth-order valence-electron chi connectivity index (χ4n) is 2.49. The number of fused-ring (bicyclic) bond motifs is 1. The van der Waals surface area contributed by atoms with E-state index >= 15 is 0 Å². The van der Waals surface area contributed by atoms with Gasteiger partial charge in [-0.15, -0.1) is 0 Å². The van der Waals surface area contributed by atoms with E-state index in [9.17, 15) is 4.79 Å². The Bertz CT molecular complexity index is 792. The van der Waals surface area contributed by atoms with Crippen LogP contribution in [0.1, 0.15) is 23.2 Å². The summed E-state index contributed by atoms with van der Waals surface area (Å²) in [5.74, 6) is 0.711. The number of carbonyl (C=O) groups is 1. The number of nitrogens with zero attached hydrogens (tertiary/aromatic N) is 3. The second-order valence-electron chi connectivity index (χ2n) is 5.23. The molecule has 1 aromatic carbocycles. The van der Waals surface area contributed by atoms with E-state index in [1.165, 1.54) is 0 Å². The smallest absolute Gasteiger partial charge is 0.259 e. The second-order valence-corrected chi connectivity index (χ2v) is 5.23. The van der Waals surface area contributed by atoms with Gasteiger partial charge in [0, 0.05) is 17.8 Å². The topological polar surface area (TPSA) is 61.9 Å². The second kappa shape index (κ2) is 4.70. The van der Waals surface area contributed by atoms with Crippen LogP contribution in [-0.4, -0.2) is 26.9 Å². The molecule has 2 aromatic heterocycles. The molecule has 21 heavy (non-hydrogen) atoms. The minimum atomic E-state index is -0.00676. The molecule has 1 aliphatic carbocycles. The van der Waals surface area contributed by atoms with Gasteiger partial charge in [-0.2, -0.15) is 0 Å². The van der Waals surface area contributed by atoms with Crippen LogP contribution in [0, 0.1) is 0 Å². The highest BCUT2D eigenvalue weighted by atomic mass is 16.2. The van der Waals surface area contributed by atoms with E-state index in [-0.39, 0.29) is 11.9 Å². The number of anilines is 1. The SMILES string of the molecule is O=C(c1ccc2nc[nH]c2c1)N(c1ccccn1)C1CC1. The number of benzene rings is 1. The fraction of sp³-hybridized carbons (Fsp3) is 0.188. The summed E-state index contributed by atoms with van der Waals surface area (Å²) in [4.78, 5) is 26.2. The van der Waals surface area contributed by atoms with Crippen molar-refractivity contribution in [2.24, 2.45) is 0 Å². The lowest BCUT2D eigenvalue weighted by Crippen LogP contribution is -2.33. The Hall–Kier alpha value is -2.69. The number of rotatable bonds is 3. The van der Waals surface area contributed by atoms with Crippen molar-refractivity contribution in [2.45, 2.75) is 18.9 Å². The molecular formula is C16H14N4O. The summed E-state index contributed by atoms with van der Waals surface area (Å²) in [6, 6.07) is 11.4. The Morgan fingerprint density at radius 1 is 1.19 bits per heavy atom. The highest BCUT2D eigenvalue weighted by Gasteiger charge is 2.35. The maximum atomic E-state index is 12.8. The molecule has 0 atom stereocenters. The summed E-state index contributed by atoms with van der Waals surface area (Å²) >= 11 is 0. The number of amides is 1. The van der Waals surface area contributed by atoms with E-state index in [4.69, 9.17) is 0 Å². The molecule has 0 spiro atoms. The van der Waals surface area contributed by atoms with Crippen LogP contribution in [-0.2, 0) is 0 Å². The van der Waals surface area contributed by atoms with Crippen LogP contribution < -0.4 is 4.90 Å². The molecule has 1 aliphatic rings. The van der Waals surface area contributed by atoms with Crippen molar-refractivity contribution in [3.05, 3.63) is 54.5 Å². The van der Waals surface area contributed by atoms with Crippen LogP contribution in [0.15, 0.2) is 48.9 Å². The van der Waals surface area contributed by atoms with Crippen LogP contribution >= 0.6 is 0 Å². The Labute approximate surface area is 121 Å². The number of imidazole rings is 1. The first-order chi connectivity index (χ1) is 10.3. The van der Waals surface area contributed by atoms with Crippen molar-refractivity contribution in [3.63, 3.8) is 0 Å². The van der Waals surface area contributed by atoms with Gasteiger partial charge in [0.25, 0.3) is 5.91 Å². The van der Waals surface area contributed by atoms with Gasteiger partial charge in [0.05, 0.1) is 17.4 Å². The molecule has 1 fully saturated rings. The zero-order valence-corrected chi connectivity index (χ0v) is 11.4. The average Bonchev–Trinajstić information content (AvgIpc) is 3.24. The van der Waals surface area contributed by atoms with E-state index in [2.05, 4.69) is 15.0 Å². The zero-order chi connectivity index (χ0) is 14.2. The first-order valence-electron chi connectivity index (χ1n) is 7.01. The molecular weight excluding hydrogens is 264 g/mol. The third-order valence-corrected chi connectivity index (χ3v) is 3.69. The maximum Gasteiger partial charge on any atom is 0.259 e. The molecule has 5 heteroatoms. The van der Waals surface area contributed by atoms with Crippen LogP contribution in [0.25, 0.3) is 11.0 Å². The van der Waals surface area contributed by atoms with E-state index in [0.717, 1.165) is 29.7 Å². The maximum absolute atomic E-state index is 12.8. The van der Waals surface area contributed by atoms with Gasteiger partial charge in [-0.1, -0.05) is 6.07 Å². The summed E-state index contributed by atoms with van der Waals surface area (Å²) in [6.07, 6.45) is 5.43. The zero-order valence-electron chi connectivity index (χ0n) is 11.4. The fourth-order valence-corrected chi connectivity index (χ4v) is 2.49. The molecule has 4 rings (SSSR count). The van der Waals surface area contributed by atoms with Gasteiger partial charge >= 0.3 is 0 Å². The molecule has 0 bridgehead atoms. The van der Waals surface area contributed by atoms with Gasteiger partial charge in [-0.05, 0) is 43.2 Å². The van der Waals surface area contributed by atoms with Crippen LogP contribution in [0.5, 0.6) is 0 Å². The quantitative estimate of drug-likeness (QED) is 0.801. The minimum absolute atomic E-state index is 0.00676. The van der Waals surface area contributed by atoms with E-state index in [1.807, 2.05) is 36.4 Å². The summed E-state index contributed by atoms with van der Waals surface area (Å²) in [5, 5.41) is 0. The van der Waals surface area contributed by atoms with Gasteiger partial charge in [-0.3, -0.25) is 9.69 Å². The molecule has 0 unspecified atom stereocenters. The van der Waals surface area contributed by atoms with Crippen molar-refractivity contribution in [2.75, 3.05) is 4.90 Å². The Morgan fingerprint density at radius 2 is 2.10 bits per heavy atom. The Balaban J connectivity index is 1.73. The predicted octanol–water partition coefficient (Wildman–Crippen LogP) is 2.77. The molecule has 1 saturated carbocycles. The van der Waals surface area contributed by atoms with Crippen LogP contribution in [0.4, 0.5) is 5.82 Å². The van der Waals surface area contributed by atoms with Crippen molar-refractivity contribution >= 4 is 22.8 Å². The monoisotopic (exact) mass is 278 g/mol. The summed E-state index contributed by atoms with van der Waals surface area (Å²) in [7, 11) is 0. The number of pyridine rings is 1. The molecule has 0 radical (unpaired) electrons. The first-order valence-corrected chi connectivity index (χ1v) is 7.01.